The summed E-state index contributed by atoms with van der Waals surface area (Å²) in [6, 6.07) is 3.72. The number of sulfonamides is 1. The second-order valence-corrected chi connectivity index (χ2v) is 8.26. The van der Waals surface area contributed by atoms with Gasteiger partial charge in [-0.2, -0.15) is 0 Å². The molecule has 1 amide bonds. The quantitative estimate of drug-likeness (QED) is 0.859. The summed E-state index contributed by atoms with van der Waals surface area (Å²) in [4.78, 5) is 16.5. The number of amides is 1. The molecule has 0 aromatic heterocycles. The Kier molecular flexibility index (Phi) is 6.01. The van der Waals surface area contributed by atoms with E-state index in [9.17, 15) is 13.2 Å². The van der Waals surface area contributed by atoms with Gasteiger partial charge in [-0.3, -0.25) is 4.79 Å². The molecule has 134 valence electrons. The Morgan fingerprint density at radius 3 is 2.17 bits per heavy atom. The summed E-state index contributed by atoms with van der Waals surface area (Å²) < 4.78 is 27.7. The lowest BCUT2D eigenvalue weighted by Crippen LogP contribution is -2.47. The lowest BCUT2D eigenvalue weighted by atomic mass is 10.1. The van der Waals surface area contributed by atoms with Crippen molar-refractivity contribution in [1.82, 2.24) is 14.5 Å². The van der Waals surface area contributed by atoms with E-state index in [1.54, 1.807) is 18.7 Å². The Hall–Kier alpha value is -1.44. The highest BCUT2D eigenvalue weighted by molar-refractivity contribution is 7.89. The molecule has 1 fully saturated rings. The molecule has 1 aromatic rings. The maximum atomic E-state index is 12.5. The number of carbonyl (C=O) groups is 1. The molecule has 1 aromatic carbocycles. The van der Waals surface area contributed by atoms with Gasteiger partial charge >= 0.3 is 0 Å². The molecule has 0 spiro atoms. The zero-order chi connectivity index (χ0) is 17.9. The fourth-order valence-corrected chi connectivity index (χ4v) is 4.65. The van der Waals surface area contributed by atoms with Crippen molar-refractivity contribution in [2.75, 3.05) is 39.8 Å². The van der Waals surface area contributed by atoms with Crippen molar-refractivity contribution in [2.45, 2.75) is 32.1 Å². The number of carbonyl (C=O) groups excluding carboxylic acids is 1. The van der Waals surface area contributed by atoms with E-state index in [1.807, 2.05) is 26.1 Å². The molecule has 1 saturated heterocycles. The van der Waals surface area contributed by atoms with Gasteiger partial charge in [-0.25, -0.2) is 13.1 Å². The SMILES string of the molecule is Cc1cc(C)c(S(=O)(=O)NCCC(=O)N2CCN(C)CC2)c(C)c1. The molecule has 0 atom stereocenters. The second-order valence-electron chi connectivity index (χ2n) is 6.56. The number of hydrogen-bond donors (Lipinski definition) is 1. The lowest BCUT2D eigenvalue weighted by molar-refractivity contribution is -0.132. The first-order valence-corrected chi connectivity index (χ1v) is 9.73. The first-order chi connectivity index (χ1) is 11.2. The van der Waals surface area contributed by atoms with Crippen LogP contribution in [0.3, 0.4) is 0 Å². The predicted molar refractivity (Wildman–Crippen MR) is 94.5 cm³/mol. The predicted octanol–water partition coefficient (Wildman–Crippen LogP) is 1.05. The van der Waals surface area contributed by atoms with Crippen molar-refractivity contribution in [2.24, 2.45) is 0 Å². The molecule has 7 heteroatoms. The zero-order valence-electron chi connectivity index (χ0n) is 14.9. The van der Waals surface area contributed by atoms with E-state index in [4.69, 9.17) is 0 Å². The van der Waals surface area contributed by atoms with Crippen LogP contribution in [-0.4, -0.2) is 63.9 Å². The molecular weight excluding hydrogens is 326 g/mol. The number of nitrogens with one attached hydrogen (secondary N) is 1. The van der Waals surface area contributed by atoms with E-state index < -0.39 is 10.0 Å². The number of hydrogen-bond acceptors (Lipinski definition) is 4. The van der Waals surface area contributed by atoms with Crippen LogP contribution >= 0.6 is 0 Å². The first-order valence-electron chi connectivity index (χ1n) is 8.24. The molecule has 0 radical (unpaired) electrons. The molecule has 1 aliphatic heterocycles. The van der Waals surface area contributed by atoms with Gasteiger partial charge in [0.05, 0.1) is 4.90 Å². The molecule has 1 aliphatic rings. The Balaban J connectivity index is 1.95. The summed E-state index contributed by atoms with van der Waals surface area (Å²) >= 11 is 0. The summed E-state index contributed by atoms with van der Waals surface area (Å²) in [5, 5.41) is 0. The lowest BCUT2D eigenvalue weighted by Gasteiger charge is -2.32. The highest BCUT2D eigenvalue weighted by Crippen LogP contribution is 2.21. The van der Waals surface area contributed by atoms with Gasteiger partial charge < -0.3 is 9.80 Å². The van der Waals surface area contributed by atoms with Gasteiger partial charge in [-0.1, -0.05) is 17.7 Å². The Labute approximate surface area is 144 Å². The van der Waals surface area contributed by atoms with Gasteiger partial charge in [0.15, 0.2) is 0 Å². The molecule has 0 unspecified atom stereocenters. The van der Waals surface area contributed by atoms with E-state index in [0.29, 0.717) is 18.0 Å². The van der Waals surface area contributed by atoms with E-state index in [1.165, 1.54) is 0 Å². The number of piperazine rings is 1. The Morgan fingerprint density at radius 1 is 1.08 bits per heavy atom. The van der Waals surface area contributed by atoms with Crippen molar-refractivity contribution >= 4 is 15.9 Å². The average Bonchev–Trinajstić information content (AvgIpc) is 2.46. The largest absolute Gasteiger partial charge is 0.340 e. The summed E-state index contributed by atoms with van der Waals surface area (Å²) in [7, 11) is -1.57. The summed E-state index contributed by atoms with van der Waals surface area (Å²) in [5.74, 6) is 0.00292. The van der Waals surface area contributed by atoms with Crippen LogP contribution in [0, 0.1) is 20.8 Å². The highest BCUT2D eigenvalue weighted by atomic mass is 32.2. The van der Waals surface area contributed by atoms with Crippen LogP contribution in [0.15, 0.2) is 17.0 Å². The van der Waals surface area contributed by atoms with Gasteiger partial charge in [-0.05, 0) is 38.9 Å². The van der Waals surface area contributed by atoms with Gasteiger partial charge in [0, 0.05) is 39.1 Å². The smallest absolute Gasteiger partial charge is 0.241 e. The molecule has 24 heavy (non-hydrogen) atoms. The van der Waals surface area contributed by atoms with Gasteiger partial charge in [0.25, 0.3) is 0 Å². The van der Waals surface area contributed by atoms with Gasteiger partial charge in [0.1, 0.15) is 0 Å². The molecule has 0 bridgehead atoms. The third-order valence-electron chi connectivity index (χ3n) is 4.36. The van der Waals surface area contributed by atoms with Gasteiger partial charge in [0.2, 0.25) is 15.9 Å². The molecular formula is C17H27N3O3S. The van der Waals surface area contributed by atoms with Crippen LogP contribution in [-0.2, 0) is 14.8 Å². The van der Waals surface area contributed by atoms with Crippen LogP contribution < -0.4 is 4.72 Å². The molecule has 0 aliphatic carbocycles. The number of nitrogens with zero attached hydrogens (tertiary/aromatic N) is 2. The van der Waals surface area contributed by atoms with E-state index >= 15 is 0 Å². The minimum absolute atomic E-state index is 0.00292. The third-order valence-corrected chi connectivity index (χ3v) is 6.13. The number of likely N-dealkylation sites (N-methyl/N-ethyl adjacent to an activating group) is 1. The van der Waals surface area contributed by atoms with E-state index in [-0.39, 0.29) is 18.9 Å². The first kappa shape index (κ1) is 18.9. The Bertz CT molecular complexity index is 685. The van der Waals surface area contributed by atoms with E-state index in [2.05, 4.69) is 9.62 Å². The Morgan fingerprint density at radius 2 is 1.62 bits per heavy atom. The minimum atomic E-state index is -3.60. The summed E-state index contributed by atoms with van der Waals surface area (Å²) in [6.45, 7) is 8.79. The number of aryl methyl sites for hydroxylation is 3. The van der Waals surface area contributed by atoms with Crippen LogP contribution in [0.4, 0.5) is 0 Å². The molecule has 2 rings (SSSR count). The molecule has 6 nitrogen and oxygen atoms in total. The highest BCUT2D eigenvalue weighted by Gasteiger charge is 2.22. The van der Waals surface area contributed by atoms with Crippen molar-refractivity contribution in [3.05, 3.63) is 28.8 Å². The molecule has 0 saturated carbocycles. The minimum Gasteiger partial charge on any atom is -0.340 e. The van der Waals surface area contributed by atoms with Crippen molar-refractivity contribution in [3.8, 4) is 0 Å². The zero-order valence-corrected chi connectivity index (χ0v) is 15.7. The normalized spacial score (nSPS) is 16.4. The number of benzene rings is 1. The monoisotopic (exact) mass is 353 g/mol. The standard InChI is InChI=1S/C17H27N3O3S/c1-13-11-14(2)17(15(3)12-13)24(22,23)18-6-5-16(21)20-9-7-19(4)8-10-20/h11-12,18H,5-10H2,1-4H3. The van der Waals surface area contributed by atoms with Crippen LogP contribution in [0.5, 0.6) is 0 Å². The molecule has 1 heterocycles. The maximum Gasteiger partial charge on any atom is 0.241 e. The number of rotatable bonds is 5. The van der Waals surface area contributed by atoms with Crippen LogP contribution in [0.2, 0.25) is 0 Å². The van der Waals surface area contributed by atoms with Crippen molar-refractivity contribution < 1.29 is 13.2 Å². The topological polar surface area (TPSA) is 69.7 Å². The van der Waals surface area contributed by atoms with Crippen molar-refractivity contribution in [3.63, 3.8) is 0 Å². The van der Waals surface area contributed by atoms with Crippen LogP contribution in [0.25, 0.3) is 0 Å². The average molecular weight is 353 g/mol. The van der Waals surface area contributed by atoms with Crippen molar-refractivity contribution in [1.29, 1.82) is 0 Å². The summed E-state index contributed by atoms with van der Waals surface area (Å²) in [5.41, 5.74) is 2.49. The fraction of sp³-hybridized carbons (Fsp3) is 0.588. The fourth-order valence-electron chi connectivity index (χ4n) is 3.17. The van der Waals surface area contributed by atoms with Gasteiger partial charge in [-0.15, -0.1) is 0 Å². The van der Waals surface area contributed by atoms with E-state index in [0.717, 1.165) is 29.8 Å². The maximum absolute atomic E-state index is 12.5. The third kappa shape index (κ3) is 4.55. The second kappa shape index (κ2) is 7.63. The molecule has 1 N–H and O–H groups in total. The summed E-state index contributed by atoms with van der Waals surface area (Å²) in [6.07, 6.45) is 0.187. The van der Waals surface area contributed by atoms with Crippen LogP contribution in [0.1, 0.15) is 23.1 Å².